The van der Waals surface area contributed by atoms with E-state index in [-0.39, 0.29) is 23.7 Å². The molecule has 1 heterocycles. The number of nitrogens with zero attached hydrogens (tertiary/aromatic N) is 1. The molecule has 0 saturated carbocycles. The van der Waals surface area contributed by atoms with E-state index in [9.17, 15) is 9.90 Å². The minimum atomic E-state index is -0.347. The molecule has 5 nitrogen and oxygen atoms in total. The highest BCUT2D eigenvalue weighted by molar-refractivity contribution is 5.74. The van der Waals surface area contributed by atoms with Gasteiger partial charge in [0.1, 0.15) is 0 Å². The van der Waals surface area contributed by atoms with Gasteiger partial charge in [-0.2, -0.15) is 0 Å². The van der Waals surface area contributed by atoms with Crippen molar-refractivity contribution in [3.05, 3.63) is 0 Å². The zero-order valence-electron chi connectivity index (χ0n) is 14.9. The van der Waals surface area contributed by atoms with Gasteiger partial charge in [-0.3, -0.25) is 0 Å². The summed E-state index contributed by atoms with van der Waals surface area (Å²) in [5.41, 5.74) is -0.0947. The first-order valence-electron chi connectivity index (χ1n) is 8.52. The maximum absolute atomic E-state index is 12.2. The van der Waals surface area contributed by atoms with Gasteiger partial charge in [-0.15, -0.1) is 0 Å². The van der Waals surface area contributed by atoms with Crippen LogP contribution in [0.2, 0.25) is 0 Å². The molecule has 1 fully saturated rings. The third kappa shape index (κ3) is 7.45. The quantitative estimate of drug-likeness (QED) is 0.759. The van der Waals surface area contributed by atoms with E-state index in [0.29, 0.717) is 18.9 Å². The summed E-state index contributed by atoms with van der Waals surface area (Å²) in [5, 5.41) is 12.5. The van der Waals surface area contributed by atoms with Crippen LogP contribution in [0, 0.1) is 11.3 Å². The molecule has 1 saturated heterocycles. The van der Waals surface area contributed by atoms with Crippen LogP contribution < -0.4 is 5.32 Å². The number of hydrogen-bond acceptors (Lipinski definition) is 3. The highest BCUT2D eigenvalue weighted by Crippen LogP contribution is 2.21. The number of hydrogen-bond donors (Lipinski definition) is 2. The molecule has 0 radical (unpaired) electrons. The van der Waals surface area contributed by atoms with Crippen molar-refractivity contribution in [3.8, 4) is 0 Å². The Kier molecular flexibility index (Phi) is 7.63. The lowest BCUT2D eigenvalue weighted by Gasteiger charge is -2.34. The Morgan fingerprint density at radius 2 is 1.91 bits per heavy atom. The van der Waals surface area contributed by atoms with Gasteiger partial charge in [0.2, 0.25) is 0 Å². The number of rotatable bonds is 7. The fraction of sp³-hybridized carbons (Fsp3) is 0.941. The highest BCUT2D eigenvalue weighted by atomic mass is 16.5. The Morgan fingerprint density at radius 3 is 2.41 bits per heavy atom. The lowest BCUT2D eigenvalue weighted by atomic mass is 9.87. The van der Waals surface area contributed by atoms with E-state index in [1.165, 1.54) is 0 Å². The van der Waals surface area contributed by atoms with Crippen LogP contribution in [0.4, 0.5) is 4.79 Å². The van der Waals surface area contributed by atoms with Crippen LogP contribution in [0.15, 0.2) is 0 Å². The summed E-state index contributed by atoms with van der Waals surface area (Å²) in [5.74, 6) is 0.553. The summed E-state index contributed by atoms with van der Waals surface area (Å²) in [7, 11) is 0. The number of likely N-dealkylation sites (tertiary alicyclic amines) is 1. The van der Waals surface area contributed by atoms with Gasteiger partial charge in [0.05, 0.1) is 12.2 Å². The SMILES string of the molecule is CC(C)COC1CCN(C(=O)NCC(C)(C)CC(C)O)CC1. The van der Waals surface area contributed by atoms with Crippen molar-refractivity contribution in [1.29, 1.82) is 0 Å². The number of aliphatic hydroxyl groups excluding tert-OH is 1. The Balaban J connectivity index is 2.28. The van der Waals surface area contributed by atoms with Gasteiger partial charge >= 0.3 is 6.03 Å². The molecule has 0 aliphatic carbocycles. The Labute approximate surface area is 135 Å². The molecular weight excluding hydrogens is 280 g/mol. The number of nitrogens with one attached hydrogen (secondary N) is 1. The van der Waals surface area contributed by atoms with Crippen LogP contribution in [-0.2, 0) is 4.74 Å². The van der Waals surface area contributed by atoms with Crippen LogP contribution in [0.25, 0.3) is 0 Å². The van der Waals surface area contributed by atoms with E-state index >= 15 is 0 Å². The van der Waals surface area contributed by atoms with Gasteiger partial charge in [-0.25, -0.2) is 4.79 Å². The number of carbonyl (C=O) groups is 1. The van der Waals surface area contributed by atoms with Crippen LogP contribution in [-0.4, -0.2) is 54.5 Å². The predicted molar refractivity (Wildman–Crippen MR) is 88.9 cm³/mol. The van der Waals surface area contributed by atoms with Crippen molar-refractivity contribution in [2.24, 2.45) is 11.3 Å². The maximum Gasteiger partial charge on any atom is 0.317 e. The molecular formula is C17H34N2O3. The first kappa shape index (κ1) is 19.2. The summed E-state index contributed by atoms with van der Waals surface area (Å²) in [6.45, 7) is 13.1. The van der Waals surface area contributed by atoms with Crippen molar-refractivity contribution in [3.63, 3.8) is 0 Å². The first-order chi connectivity index (χ1) is 10.2. The van der Waals surface area contributed by atoms with Gasteiger partial charge in [0.15, 0.2) is 0 Å². The lowest BCUT2D eigenvalue weighted by Crippen LogP contribution is -2.48. The fourth-order valence-corrected chi connectivity index (χ4v) is 2.85. The normalized spacial score (nSPS) is 18.6. The molecule has 0 aromatic heterocycles. The number of urea groups is 1. The molecule has 1 unspecified atom stereocenters. The monoisotopic (exact) mass is 314 g/mol. The third-order valence-electron chi connectivity index (χ3n) is 3.96. The third-order valence-corrected chi connectivity index (χ3v) is 3.96. The maximum atomic E-state index is 12.2. The van der Waals surface area contributed by atoms with Crippen LogP contribution in [0.3, 0.4) is 0 Å². The number of ether oxygens (including phenoxy) is 1. The second-order valence-electron chi connectivity index (χ2n) is 7.79. The molecule has 130 valence electrons. The zero-order chi connectivity index (χ0) is 16.8. The highest BCUT2D eigenvalue weighted by Gasteiger charge is 2.26. The summed E-state index contributed by atoms with van der Waals surface area (Å²) in [4.78, 5) is 14.1. The second-order valence-corrected chi connectivity index (χ2v) is 7.79. The molecule has 0 bridgehead atoms. The number of piperidine rings is 1. The van der Waals surface area contributed by atoms with E-state index in [2.05, 4.69) is 33.0 Å². The van der Waals surface area contributed by atoms with Gasteiger partial charge in [-0.05, 0) is 37.5 Å². The number of amides is 2. The van der Waals surface area contributed by atoms with E-state index in [1.807, 2.05) is 4.90 Å². The molecule has 1 aliphatic heterocycles. The molecule has 0 spiro atoms. The van der Waals surface area contributed by atoms with Gasteiger partial charge < -0.3 is 20.1 Å². The van der Waals surface area contributed by atoms with Crippen LogP contribution >= 0.6 is 0 Å². The van der Waals surface area contributed by atoms with E-state index in [4.69, 9.17) is 4.74 Å². The second kappa shape index (κ2) is 8.73. The minimum absolute atomic E-state index is 0.000905. The molecule has 1 atom stereocenters. The smallest absolute Gasteiger partial charge is 0.317 e. The average molecular weight is 314 g/mol. The van der Waals surface area contributed by atoms with E-state index in [1.54, 1.807) is 6.92 Å². The Bertz CT molecular complexity index is 335. The molecule has 2 N–H and O–H groups in total. The zero-order valence-corrected chi connectivity index (χ0v) is 14.9. The number of carbonyl (C=O) groups excluding carboxylic acids is 1. The standard InChI is InChI=1S/C17H34N2O3/c1-13(2)11-22-15-6-8-19(9-7-15)16(21)18-12-17(4,5)10-14(3)20/h13-15,20H,6-12H2,1-5H3,(H,18,21). The molecule has 1 aliphatic rings. The van der Waals surface area contributed by atoms with Crippen molar-refractivity contribution in [2.75, 3.05) is 26.2 Å². The van der Waals surface area contributed by atoms with Gasteiger partial charge in [0, 0.05) is 26.2 Å². The summed E-state index contributed by atoms with van der Waals surface area (Å²) >= 11 is 0. The molecule has 1 rings (SSSR count). The van der Waals surface area contributed by atoms with E-state index < -0.39 is 0 Å². The largest absolute Gasteiger partial charge is 0.393 e. The Hall–Kier alpha value is -0.810. The summed E-state index contributed by atoms with van der Waals surface area (Å²) in [6.07, 6.45) is 2.45. The van der Waals surface area contributed by atoms with E-state index in [0.717, 1.165) is 32.5 Å². The summed E-state index contributed by atoms with van der Waals surface area (Å²) < 4.78 is 5.84. The number of aliphatic hydroxyl groups is 1. The van der Waals surface area contributed by atoms with Crippen molar-refractivity contribution in [1.82, 2.24) is 10.2 Å². The van der Waals surface area contributed by atoms with Crippen LogP contribution in [0.5, 0.6) is 0 Å². The first-order valence-corrected chi connectivity index (χ1v) is 8.52. The molecule has 0 aromatic rings. The Morgan fingerprint density at radius 1 is 1.32 bits per heavy atom. The van der Waals surface area contributed by atoms with Crippen LogP contribution in [0.1, 0.15) is 53.9 Å². The topological polar surface area (TPSA) is 61.8 Å². The van der Waals surface area contributed by atoms with Crippen molar-refractivity contribution >= 4 is 6.03 Å². The predicted octanol–water partition coefficient (Wildman–Crippen LogP) is 2.63. The summed E-state index contributed by atoms with van der Waals surface area (Å²) in [6, 6.07) is 0.000905. The van der Waals surface area contributed by atoms with Crippen molar-refractivity contribution < 1.29 is 14.6 Å². The van der Waals surface area contributed by atoms with Crippen molar-refractivity contribution in [2.45, 2.75) is 66.1 Å². The lowest BCUT2D eigenvalue weighted by molar-refractivity contribution is 0.00191. The average Bonchev–Trinajstić information content (AvgIpc) is 2.42. The molecule has 0 aromatic carbocycles. The minimum Gasteiger partial charge on any atom is -0.393 e. The molecule has 2 amide bonds. The molecule has 5 heteroatoms. The van der Waals surface area contributed by atoms with Gasteiger partial charge in [0.25, 0.3) is 0 Å². The van der Waals surface area contributed by atoms with Gasteiger partial charge in [-0.1, -0.05) is 27.7 Å². The fourth-order valence-electron chi connectivity index (χ4n) is 2.85. The molecule has 22 heavy (non-hydrogen) atoms.